The van der Waals surface area contributed by atoms with Gasteiger partial charge in [-0.05, 0) is 19.3 Å². The molecule has 2 aromatic rings. The van der Waals surface area contributed by atoms with Crippen molar-refractivity contribution in [2.45, 2.75) is 25.6 Å². The first-order valence-electron chi connectivity index (χ1n) is 7.15. The van der Waals surface area contributed by atoms with E-state index in [0.717, 1.165) is 34.9 Å². The Labute approximate surface area is 128 Å². The van der Waals surface area contributed by atoms with Gasteiger partial charge in [0.25, 0.3) is 0 Å². The number of thiazole rings is 1. The maximum Gasteiger partial charge on any atom is 0.158 e. The van der Waals surface area contributed by atoms with Crippen molar-refractivity contribution >= 4 is 11.3 Å². The van der Waals surface area contributed by atoms with Gasteiger partial charge >= 0.3 is 0 Å². The SMILES string of the molecule is C(#Cc1cnc(-c2ccccc2)s1)COC1CCCCO1. The van der Waals surface area contributed by atoms with Gasteiger partial charge in [0.15, 0.2) is 6.29 Å². The summed E-state index contributed by atoms with van der Waals surface area (Å²) in [4.78, 5) is 5.37. The van der Waals surface area contributed by atoms with Crippen LogP contribution in [0, 0.1) is 11.8 Å². The van der Waals surface area contributed by atoms with Crippen LogP contribution in [0.2, 0.25) is 0 Å². The summed E-state index contributed by atoms with van der Waals surface area (Å²) < 4.78 is 11.1. The summed E-state index contributed by atoms with van der Waals surface area (Å²) in [6.45, 7) is 1.20. The van der Waals surface area contributed by atoms with E-state index in [-0.39, 0.29) is 6.29 Å². The van der Waals surface area contributed by atoms with E-state index in [4.69, 9.17) is 9.47 Å². The minimum atomic E-state index is -0.0746. The lowest BCUT2D eigenvalue weighted by atomic mass is 10.2. The molecule has 0 aliphatic carbocycles. The van der Waals surface area contributed by atoms with E-state index in [1.165, 1.54) is 6.42 Å². The predicted octanol–water partition coefficient (Wildman–Crippen LogP) is 3.70. The second-order valence-electron chi connectivity index (χ2n) is 4.80. The van der Waals surface area contributed by atoms with Gasteiger partial charge in [-0.25, -0.2) is 4.98 Å². The number of hydrogen-bond donors (Lipinski definition) is 0. The Bertz CT molecular complexity index is 621. The van der Waals surface area contributed by atoms with Crippen LogP contribution >= 0.6 is 11.3 Å². The van der Waals surface area contributed by atoms with Crippen molar-refractivity contribution in [3.63, 3.8) is 0 Å². The molecule has 1 fully saturated rings. The van der Waals surface area contributed by atoms with E-state index < -0.39 is 0 Å². The second-order valence-corrected chi connectivity index (χ2v) is 5.84. The van der Waals surface area contributed by atoms with Gasteiger partial charge in [0.1, 0.15) is 11.6 Å². The molecular formula is C17H17NO2S. The second kappa shape index (κ2) is 7.37. The Hall–Kier alpha value is -1.67. The fraction of sp³-hybridized carbons (Fsp3) is 0.353. The smallest absolute Gasteiger partial charge is 0.158 e. The highest BCUT2D eigenvalue weighted by atomic mass is 32.1. The summed E-state index contributed by atoms with van der Waals surface area (Å²) in [7, 11) is 0. The molecule has 0 bridgehead atoms. The lowest BCUT2D eigenvalue weighted by Gasteiger charge is -2.21. The highest BCUT2D eigenvalue weighted by Crippen LogP contribution is 2.24. The third-order valence-electron chi connectivity index (χ3n) is 3.22. The van der Waals surface area contributed by atoms with E-state index in [9.17, 15) is 0 Å². The topological polar surface area (TPSA) is 31.4 Å². The monoisotopic (exact) mass is 299 g/mol. The number of nitrogens with zero attached hydrogens (tertiary/aromatic N) is 1. The average Bonchev–Trinajstić information content (AvgIpc) is 3.02. The summed E-state index contributed by atoms with van der Waals surface area (Å²) in [6, 6.07) is 10.1. The molecule has 1 atom stereocenters. The molecule has 21 heavy (non-hydrogen) atoms. The number of rotatable bonds is 3. The molecule has 0 spiro atoms. The van der Waals surface area contributed by atoms with Crippen LogP contribution in [0.25, 0.3) is 10.6 Å². The molecule has 2 heterocycles. The molecule has 0 amide bonds. The summed E-state index contributed by atoms with van der Waals surface area (Å²) in [5.74, 6) is 6.13. The first kappa shape index (κ1) is 14.3. The normalized spacial score (nSPS) is 18.0. The Morgan fingerprint density at radius 3 is 3.00 bits per heavy atom. The quantitative estimate of drug-likeness (QED) is 0.810. The summed E-state index contributed by atoms with van der Waals surface area (Å²) in [5.41, 5.74) is 1.13. The van der Waals surface area contributed by atoms with Gasteiger partial charge in [-0.2, -0.15) is 0 Å². The van der Waals surface area contributed by atoms with Gasteiger partial charge < -0.3 is 9.47 Å². The third kappa shape index (κ3) is 4.15. The van der Waals surface area contributed by atoms with Crippen LogP contribution in [0.4, 0.5) is 0 Å². The van der Waals surface area contributed by atoms with Crippen LogP contribution in [-0.4, -0.2) is 24.5 Å². The van der Waals surface area contributed by atoms with Crippen LogP contribution < -0.4 is 0 Å². The zero-order valence-corrected chi connectivity index (χ0v) is 12.6. The summed E-state index contributed by atoms with van der Waals surface area (Å²) in [5, 5.41) is 0.997. The lowest BCUT2D eigenvalue weighted by Crippen LogP contribution is -2.22. The van der Waals surface area contributed by atoms with Gasteiger partial charge in [-0.1, -0.05) is 42.2 Å². The van der Waals surface area contributed by atoms with Crippen LogP contribution in [-0.2, 0) is 9.47 Å². The lowest BCUT2D eigenvalue weighted by molar-refractivity contribution is -0.154. The van der Waals surface area contributed by atoms with E-state index >= 15 is 0 Å². The fourth-order valence-corrected chi connectivity index (χ4v) is 2.94. The fourth-order valence-electron chi connectivity index (χ4n) is 2.15. The molecule has 1 aliphatic rings. The van der Waals surface area contributed by atoms with E-state index in [2.05, 4.69) is 29.0 Å². The highest BCUT2D eigenvalue weighted by molar-refractivity contribution is 7.15. The molecule has 3 nitrogen and oxygen atoms in total. The van der Waals surface area contributed by atoms with Crippen LogP contribution in [0.15, 0.2) is 36.5 Å². The van der Waals surface area contributed by atoms with Crippen molar-refractivity contribution < 1.29 is 9.47 Å². The number of ether oxygens (including phenoxy) is 2. The minimum absolute atomic E-state index is 0.0746. The molecule has 0 N–H and O–H groups in total. The average molecular weight is 299 g/mol. The van der Waals surface area contributed by atoms with E-state index in [1.807, 2.05) is 24.4 Å². The van der Waals surface area contributed by atoms with Gasteiger partial charge in [0.05, 0.1) is 11.1 Å². The van der Waals surface area contributed by atoms with Crippen molar-refractivity contribution in [3.05, 3.63) is 41.4 Å². The first-order chi connectivity index (χ1) is 10.4. The van der Waals surface area contributed by atoms with Crippen molar-refractivity contribution in [2.75, 3.05) is 13.2 Å². The van der Waals surface area contributed by atoms with Crippen LogP contribution in [0.3, 0.4) is 0 Å². The molecule has 1 aromatic heterocycles. The molecular weight excluding hydrogens is 282 g/mol. The highest BCUT2D eigenvalue weighted by Gasteiger charge is 2.12. The Morgan fingerprint density at radius 2 is 2.19 bits per heavy atom. The first-order valence-corrected chi connectivity index (χ1v) is 7.97. The Kier molecular flexibility index (Phi) is 5.01. The molecule has 3 rings (SSSR count). The molecule has 4 heteroatoms. The zero-order chi connectivity index (χ0) is 14.3. The molecule has 1 aliphatic heterocycles. The van der Waals surface area contributed by atoms with Gasteiger partial charge in [0.2, 0.25) is 0 Å². The zero-order valence-electron chi connectivity index (χ0n) is 11.7. The molecule has 0 radical (unpaired) electrons. The molecule has 0 saturated carbocycles. The van der Waals surface area contributed by atoms with Crippen molar-refractivity contribution in [1.82, 2.24) is 4.98 Å². The predicted molar refractivity (Wildman–Crippen MR) is 84.0 cm³/mol. The standard InChI is InChI=1S/C17H17NO2S/c1-2-7-14(8-3-1)17-18-13-15(21-17)9-6-12-20-16-10-4-5-11-19-16/h1-3,7-8,13,16H,4-5,10-12H2. The Balaban J connectivity index is 1.54. The largest absolute Gasteiger partial charge is 0.353 e. The van der Waals surface area contributed by atoms with E-state index in [0.29, 0.717) is 6.61 Å². The van der Waals surface area contributed by atoms with E-state index in [1.54, 1.807) is 11.3 Å². The molecule has 1 saturated heterocycles. The van der Waals surface area contributed by atoms with Crippen molar-refractivity contribution in [1.29, 1.82) is 0 Å². The summed E-state index contributed by atoms with van der Waals surface area (Å²) >= 11 is 1.60. The van der Waals surface area contributed by atoms with Gasteiger partial charge in [-0.3, -0.25) is 0 Å². The van der Waals surface area contributed by atoms with Crippen molar-refractivity contribution in [3.8, 4) is 22.4 Å². The van der Waals surface area contributed by atoms with Crippen LogP contribution in [0.1, 0.15) is 24.1 Å². The third-order valence-corrected chi connectivity index (χ3v) is 4.18. The molecule has 1 unspecified atom stereocenters. The van der Waals surface area contributed by atoms with Crippen molar-refractivity contribution in [2.24, 2.45) is 0 Å². The minimum Gasteiger partial charge on any atom is -0.353 e. The number of hydrogen-bond acceptors (Lipinski definition) is 4. The molecule has 1 aromatic carbocycles. The summed E-state index contributed by atoms with van der Waals surface area (Å²) in [6.07, 6.45) is 5.02. The molecule has 108 valence electrons. The van der Waals surface area contributed by atoms with Crippen LogP contribution in [0.5, 0.6) is 0 Å². The number of benzene rings is 1. The number of aromatic nitrogens is 1. The van der Waals surface area contributed by atoms with Gasteiger partial charge in [0, 0.05) is 12.2 Å². The van der Waals surface area contributed by atoms with Gasteiger partial charge in [-0.15, -0.1) is 11.3 Å². The maximum absolute atomic E-state index is 5.58. The maximum atomic E-state index is 5.58. The Morgan fingerprint density at radius 1 is 1.29 bits per heavy atom.